The maximum atomic E-state index is 14.1. The van der Waals surface area contributed by atoms with Crippen LogP contribution in [0.3, 0.4) is 0 Å². The van der Waals surface area contributed by atoms with Gasteiger partial charge in [-0.1, -0.05) is 22.0 Å². The summed E-state index contributed by atoms with van der Waals surface area (Å²) in [6.45, 7) is 3.91. The second kappa shape index (κ2) is 6.48. The molecule has 1 rings (SSSR count). The van der Waals surface area contributed by atoms with Gasteiger partial charge in [0, 0.05) is 10.0 Å². The fourth-order valence-electron chi connectivity index (χ4n) is 1.91. The first-order valence-corrected chi connectivity index (χ1v) is 6.89. The van der Waals surface area contributed by atoms with Gasteiger partial charge in [0.1, 0.15) is 5.82 Å². The molecule has 1 atom stereocenters. The molecule has 0 bridgehead atoms. The molecule has 5 heteroatoms. The molecule has 0 heterocycles. The lowest BCUT2D eigenvalue weighted by Gasteiger charge is -2.36. The highest BCUT2D eigenvalue weighted by atomic mass is 79.9. The average molecular weight is 332 g/mol. The summed E-state index contributed by atoms with van der Waals surface area (Å²) in [7, 11) is 3.64. The van der Waals surface area contributed by atoms with Crippen molar-refractivity contribution in [2.24, 2.45) is 0 Å². The number of hydrogen-bond donors (Lipinski definition) is 0. The summed E-state index contributed by atoms with van der Waals surface area (Å²) in [5.74, 6) is -0.670. The molecule has 0 aliphatic carbocycles. The second-order valence-electron chi connectivity index (χ2n) is 4.77. The van der Waals surface area contributed by atoms with Gasteiger partial charge in [0.2, 0.25) is 0 Å². The number of esters is 1. The van der Waals surface area contributed by atoms with Gasteiger partial charge in [0.25, 0.3) is 0 Å². The lowest BCUT2D eigenvalue weighted by Crippen LogP contribution is -2.41. The standard InChI is InChI=1S/C14H19BrFNO2/c1-5-19-13(18)9-14(2,17(3)4)11-7-6-10(15)8-12(11)16/h6-8H,5,9H2,1-4H3. The number of carbonyl (C=O) groups is 1. The van der Waals surface area contributed by atoms with Crippen LogP contribution in [0.2, 0.25) is 0 Å². The summed E-state index contributed by atoms with van der Waals surface area (Å²) >= 11 is 3.23. The molecule has 19 heavy (non-hydrogen) atoms. The number of hydrogen-bond acceptors (Lipinski definition) is 3. The van der Waals surface area contributed by atoms with Crippen molar-refractivity contribution < 1.29 is 13.9 Å². The summed E-state index contributed by atoms with van der Waals surface area (Å²) in [5, 5.41) is 0. The van der Waals surface area contributed by atoms with E-state index in [1.165, 1.54) is 6.07 Å². The number of halogens is 2. The van der Waals surface area contributed by atoms with Gasteiger partial charge in [-0.05, 0) is 40.1 Å². The van der Waals surface area contributed by atoms with Gasteiger partial charge >= 0.3 is 5.97 Å². The van der Waals surface area contributed by atoms with E-state index < -0.39 is 5.54 Å². The van der Waals surface area contributed by atoms with E-state index >= 15 is 0 Å². The molecule has 1 aromatic carbocycles. The molecule has 0 aliphatic heterocycles. The maximum Gasteiger partial charge on any atom is 0.308 e. The van der Waals surface area contributed by atoms with Crippen LogP contribution < -0.4 is 0 Å². The third kappa shape index (κ3) is 3.76. The van der Waals surface area contributed by atoms with Crippen molar-refractivity contribution >= 4 is 21.9 Å². The minimum absolute atomic E-state index is 0.104. The molecule has 0 N–H and O–H groups in total. The van der Waals surface area contributed by atoms with Crippen LogP contribution in [-0.2, 0) is 15.1 Å². The summed E-state index contributed by atoms with van der Waals surface area (Å²) in [4.78, 5) is 13.6. The fourth-order valence-corrected chi connectivity index (χ4v) is 2.25. The zero-order valence-corrected chi connectivity index (χ0v) is 13.3. The molecule has 0 fully saturated rings. The smallest absolute Gasteiger partial charge is 0.308 e. The minimum atomic E-state index is -0.739. The Balaban J connectivity index is 3.14. The van der Waals surface area contributed by atoms with Gasteiger partial charge in [-0.2, -0.15) is 0 Å². The molecule has 0 saturated heterocycles. The van der Waals surface area contributed by atoms with Gasteiger partial charge in [-0.15, -0.1) is 0 Å². The van der Waals surface area contributed by atoms with Gasteiger partial charge in [0.15, 0.2) is 0 Å². The van der Waals surface area contributed by atoms with E-state index in [0.717, 1.165) is 0 Å². The van der Waals surface area contributed by atoms with E-state index in [2.05, 4.69) is 15.9 Å². The molecule has 1 aromatic rings. The number of rotatable bonds is 5. The van der Waals surface area contributed by atoms with E-state index in [-0.39, 0.29) is 18.2 Å². The summed E-state index contributed by atoms with van der Waals surface area (Å²) in [6, 6.07) is 4.87. The van der Waals surface area contributed by atoms with Crippen LogP contribution in [0, 0.1) is 5.82 Å². The molecule has 3 nitrogen and oxygen atoms in total. The quantitative estimate of drug-likeness (QED) is 0.775. The third-order valence-corrected chi connectivity index (χ3v) is 3.79. The van der Waals surface area contributed by atoms with Crippen molar-refractivity contribution in [3.8, 4) is 0 Å². The Kier molecular flexibility index (Phi) is 5.50. The molecule has 1 unspecified atom stereocenters. The van der Waals surface area contributed by atoms with Gasteiger partial charge in [0.05, 0.1) is 18.6 Å². The molecule has 0 saturated carbocycles. The topological polar surface area (TPSA) is 29.5 Å². The Bertz CT molecular complexity index is 465. The van der Waals surface area contributed by atoms with Crippen LogP contribution in [0.15, 0.2) is 22.7 Å². The van der Waals surface area contributed by atoms with Crippen molar-refractivity contribution in [2.45, 2.75) is 25.8 Å². The lowest BCUT2D eigenvalue weighted by atomic mass is 9.87. The van der Waals surface area contributed by atoms with Crippen LogP contribution in [0.4, 0.5) is 4.39 Å². The number of benzene rings is 1. The van der Waals surface area contributed by atoms with E-state index in [0.29, 0.717) is 16.6 Å². The van der Waals surface area contributed by atoms with Crippen LogP contribution in [0.5, 0.6) is 0 Å². The number of nitrogens with zero attached hydrogens (tertiary/aromatic N) is 1. The number of ether oxygens (including phenoxy) is 1. The molecular formula is C14H19BrFNO2. The zero-order valence-electron chi connectivity index (χ0n) is 11.7. The van der Waals surface area contributed by atoms with E-state index in [1.807, 2.05) is 25.9 Å². The summed E-state index contributed by atoms with van der Waals surface area (Å²) in [6.07, 6.45) is 0.104. The van der Waals surface area contributed by atoms with Crippen LogP contribution in [0.25, 0.3) is 0 Å². The molecule has 0 radical (unpaired) electrons. The monoisotopic (exact) mass is 331 g/mol. The minimum Gasteiger partial charge on any atom is -0.466 e. The molecule has 0 aliphatic rings. The molecule has 0 spiro atoms. The first-order chi connectivity index (χ1) is 8.81. The highest BCUT2D eigenvalue weighted by Gasteiger charge is 2.35. The van der Waals surface area contributed by atoms with Crippen molar-refractivity contribution in [3.05, 3.63) is 34.1 Å². The third-order valence-electron chi connectivity index (χ3n) is 3.29. The van der Waals surface area contributed by atoms with Crippen molar-refractivity contribution in [3.63, 3.8) is 0 Å². The fraction of sp³-hybridized carbons (Fsp3) is 0.500. The van der Waals surface area contributed by atoms with Crippen LogP contribution >= 0.6 is 15.9 Å². The lowest BCUT2D eigenvalue weighted by molar-refractivity contribution is -0.146. The van der Waals surface area contributed by atoms with Gasteiger partial charge in [-0.3, -0.25) is 9.69 Å². The Labute approximate surface area is 121 Å². The normalized spacial score (nSPS) is 14.3. The first kappa shape index (κ1) is 16.1. The molecular weight excluding hydrogens is 313 g/mol. The Morgan fingerprint density at radius 2 is 2.11 bits per heavy atom. The predicted molar refractivity (Wildman–Crippen MR) is 76.4 cm³/mol. The summed E-state index contributed by atoms with van der Waals surface area (Å²) in [5.41, 5.74) is -0.259. The first-order valence-electron chi connectivity index (χ1n) is 6.10. The molecule has 0 amide bonds. The van der Waals surface area contributed by atoms with Crippen molar-refractivity contribution in [1.82, 2.24) is 4.90 Å². The zero-order chi connectivity index (χ0) is 14.6. The Morgan fingerprint density at radius 1 is 1.47 bits per heavy atom. The van der Waals surface area contributed by atoms with Gasteiger partial charge in [-0.25, -0.2) is 4.39 Å². The van der Waals surface area contributed by atoms with Crippen LogP contribution in [-0.4, -0.2) is 31.6 Å². The SMILES string of the molecule is CCOC(=O)CC(C)(c1ccc(Br)cc1F)N(C)C. The largest absolute Gasteiger partial charge is 0.466 e. The predicted octanol–water partition coefficient (Wildman–Crippen LogP) is 3.32. The maximum absolute atomic E-state index is 14.1. The average Bonchev–Trinajstić information content (AvgIpc) is 2.28. The van der Waals surface area contributed by atoms with Crippen molar-refractivity contribution in [2.75, 3.05) is 20.7 Å². The van der Waals surface area contributed by atoms with E-state index in [4.69, 9.17) is 4.74 Å². The van der Waals surface area contributed by atoms with Crippen molar-refractivity contribution in [1.29, 1.82) is 0 Å². The molecule has 106 valence electrons. The number of carbonyl (C=O) groups excluding carboxylic acids is 1. The van der Waals surface area contributed by atoms with Crippen LogP contribution in [0.1, 0.15) is 25.8 Å². The Morgan fingerprint density at radius 3 is 2.58 bits per heavy atom. The Hall–Kier alpha value is -0.940. The van der Waals surface area contributed by atoms with Gasteiger partial charge < -0.3 is 4.74 Å². The summed E-state index contributed by atoms with van der Waals surface area (Å²) < 4.78 is 19.8. The van der Waals surface area contributed by atoms with E-state index in [9.17, 15) is 9.18 Å². The van der Waals surface area contributed by atoms with E-state index in [1.54, 1.807) is 19.1 Å². The highest BCUT2D eigenvalue weighted by Crippen LogP contribution is 2.33. The highest BCUT2D eigenvalue weighted by molar-refractivity contribution is 9.10. The second-order valence-corrected chi connectivity index (χ2v) is 5.69. The molecule has 0 aromatic heterocycles.